The molecule has 1 aliphatic rings. The molecule has 0 bridgehead atoms. The largest absolute Gasteiger partial charge is 0.379 e. The molecule has 1 N–H and O–H groups in total. The number of urea groups is 1. The number of nitrogens with one attached hydrogen (secondary N) is 1. The standard InChI is InChI=1S/C14H25N5O2/c1-10(2)12(21-4)8-15-14(20)19-7-5-6-11(19)13-17-16-9-18(13)3/h9-12H,5-8H2,1-4H3,(H,15,20)/t11-,12+/m0/s1. The molecule has 7 nitrogen and oxygen atoms in total. The molecule has 0 spiro atoms. The van der Waals surface area contributed by atoms with Crippen molar-refractivity contribution in [1.29, 1.82) is 0 Å². The number of nitrogens with zero attached hydrogens (tertiary/aromatic N) is 4. The zero-order valence-electron chi connectivity index (χ0n) is 13.2. The fourth-order valence-corrected chi connectivity index (χ4v) is 2.75. The Bertz CT molecular complexity index is 474. The number of carbonyl (C=O) groups is 1. The highest BCUT2D eigenvalue weighted by molar-refractivity contribution is 5.75. The Hall–Kier alpha value is -1.63. The second-order valence-electron chi connectivity index (χ2n) is 5.86. The maximum Gasteiger partial charge on any atom is 0.318 e. The fraction of sp³-hybridized carbons (Fsp3) is 0.786. The van der Waals surface area contributed by atoms with Crippen molar-refractivity contribution in [3.8, 4) is 0 Å². The maximum absolute atomic E-state index is 12.4. The van der Waals surface area contributed by atoms with Gasteiger partial charge in [-0.05, 0) is 18.8 Å². The van der Waals surface area contributed by atoms with Gasteiger partial charge < -0.3 is 19.5 Å². The smallest absolute Gasteiger partial charge is 0.318 e. The van der Waals surface area contributed by atoms with Gasteiger partial charge in [0, 0.05) is 27.2 Å². The third kappa shape index (κ3) is 3.53. The van der Waals surface area contributed by atoms with Crippen LogP contribution < -0.4 is 5.32 Å². The lowest BCUT2D eigenvalue weighted by Gasteiger charge is -2.26. The van der Waals surface area contributed by atoms with Crippen molar-refractivity contribution < 1.29 is 9.53 Å². The molecule has 7 heteroatoms. The lowest BCUT2D eigenvalue weighted by Crippen LogP contribution is -2.44. The van der Waals surface area contributed by atoms with E-state index >= 15 is 0 Å². The van der Waals surface area contributed by atoms with Crippen LogP contribution in [0.25, 0.3) is 0 Å². The predicted molar refractivity (Wildman–Crippen MR) is 78.7 cm³/mol. The Morgan fingerprint density at radius 3 is 2.90 bits per heavy atom. The lowest BCUT2D eigenvalue weighted by atomic mass is 10.1. The van der Waals surface area contributed by atoms with E-state index < -0.39 is 0 Å². The highest BCUT2D eigenvalue weighted by Gasteiger charge is 2.33. The van der Waals surface area contributed by atoms with Gasteiger partial charge in [-0.3, -0.25) is 0 Å². The Morgan fingerprint density at radius 2 is 2.33 bits per heavy atom. The van der Waals surface area contributed by atoms with E-state index in [-0.39, 0.29) is 18.2 Å². The van der Waals surface area contributed by atoms with Crippen LogP contribution in [-0.2, 0) is 11.8 Å². The molecule has 2 heterocycles. The Labute approximate surface area is 125 Å². The molecule has 0 saturated carbocycles. The topological polar surface area (TPSA) is 72.3 Å². The Kier molecular flexibility index (Phi) is 5.17. The minimum absolute atomic E-state index is 0.0116. The van der Waals surface area contributed by atoms with Crippen LogP contribution in [0.3, 0.4) is 0 Å². The minimum atomic E-state index is -0.0526. The summed E-state index contributed by atoms with van der Waals surface area (Å²) in [6.07, 6.45) is 3.62. The van der Waals surface area contributed by atoms with Crippen molar-refractivity contribution in [3.05, 3.63) is 12.2 Å². The summed E-state index contributed by atoms with van der Waals surface area (Å²) in [7, 11) is 3.58. The number of likely N-dealkylation sites (tertiary alicyclic amines) is 1. The fourth-order valence-electron chi connectivity index (χ4n) is 2.75. The van der Waals surface area contributed by atoms with Gasteiger partial charge in [-0.25, -0.2) is 4.79 Å². The number of hydrogen-bond acceptors (Lipinski definition) is 4. The van der Waals surface area contributed by atoms with Crippen LogP contribution in [0, 0.1) is 5.92 Å². The monoisotopic (exact) mass is 295 g/mol. The van der Waals surface area contributed by atoms with Crippen molar-refractivity contribution in [3.63, 3.8) is 0 Å². The van der Waals surface area contributed by atoms with Crippen molar-refractivity contribution in [1.82, 2.24) is 25.0 Å². The van der Waals surface area contributed by atoms with Crippen LogP contribution in [-0.4, -0.2) is 52.0 Å². The van der Waals surface area contributed by atoms with E-state index in [2.05, 4.69) is 29.4 Å². The first-order valence-electron chi connectivity index (χ1n) is 7.45. The first-order valence-corrected chi connectivity index (χ1v) is 7.45. The van der Waals surface area contributed by atoms with Crippen molar-refractivity contribution in [2.24, 2.45) is 13.0 Å². The molecular formula is C14H25N5O2. The zero-order valence-corrected chi connectivity index (χ0v) is 13.2. The van der Waals surface area contributed by atoms with E-state index in [0.29, 0.717) is 12.5 Å². The molecule has 2 atom stereocenters. The summed E-state index contributed by atoms with van der Waals surface area (Å²) >= 11 is 0. The molecule has 1 aromatic rings. The summed E-state index contributed by atoms with van der Waals surface area (Å²) in [5.41, 5.74) is 0. The third-order valence-electron chi connectivity index (χ3n) is 4.06. The Morgan fingerprint density at radius 1 is 1.57 bits per heavy atom. The first kappa shape index (κ1) is 15.8. The van der Waals surface area contributed by atoms with Gasteiger partial charge >= 0.3 is 6.03 Å². The average Bonchev–Trinajstić information content (AvgIpc) is 3.06. The molecule has 2 amide bonds. The molecule has 0 radical (unpaired) electrons. The van der Waals surface area contributed by atoms with E-state index in [1.54, 1.807) is 13.4 Å². The van der Waals surface area contributed by atoms with Crippen molar-refractivity contribution in [2.45, 2.75) is 38.8 Å². The van der Waals surface area contributed by atoms with Gasteiger partial charge in [0.1, 0.15) is 6.33 Å². The molecule has 118 valence electrons. The molecule has 0 aromatic carbocycles. The molecule has 1 saturated heterocycles. The molecule has 0 aliphatic carbocycles. The SMILES string of the molecule is CO[C@H](CNC(=O)N1CCC[C@H]1c1nncn1C)C(C)C. The van der Waals surface area contributed by atoms with E-state index in [0.717, 1.165) is 25.2 Å². The lowest BCUT2D eigenvalue weighted by molar-refractivity contribution is 0.0649. The molecule has 2 rings (SSSR count). The van der Waals surface area contributed by atoms with E-state index in [1.807, 2.05) is 16.5 Å². The first-order chi connectivity index (χ1) is 10.0. The van der Waals surface area contributed by atoms with E-state index in [9.17, 15) is 4.79 Å². The minimum Gasteiger partial charge on any atom is -0.379 e. The third-order valence-corrected chi connectivity index (χ3v) is 4.06. The van der Waals surface area contributed by atoms with E-state index in [4.69, 9.17) is 4.74 Å². The summed E-state index contributed by atoms with van der Waals surface area (Å²) in [6.45, 7) is 5.44. The molecule has 21 heavy (non-hydrogen) atoms. The highest BCUT2D eigenvalue weighted by atomic mass is 16.5. The predicted octanol–water partition coefficient (Wildman–Crippen LogP) is 1.33. The highest BCUT2D eigenvalue weighted by Crippen LogP contribution is 2.30. The summed E-state index contributed by atoms with van der Waals surface area (Å²) in [6, 6.07) is -0.0410. The average molecular weight is 295 g/mol. The normalized spacial score (nSPS) is 20.0. The number of hydrogen-bond donors (Lipinski definition) is 1. The second-order valence-corrected chi connectivity index (χ2v) is 5.86. The van der Waals surface area contributed by atoms with Gasteiger partial charge in [0.25, 0.3) is 0 Å². The van der Waals surface area contributed by atoms with Gasteiger partial charge in [0.05, 0.1) is 12.1 Å². The zero-order chi connectivity index (χ0) is 15.4. The van der Waals surface area contributed by atoms with Gasteiger partial charge in [-0.2, -0.15) is 0 Å². The van der Waals surface area contributed by atoms with E-state index in [1.165, 1.54) is 0 Å². The van der Waals surface area contributed by atoms with Crippen LogP contribution in [0.2, 0.25) is 0 Å². The summed E-state index contributed by atoms with van der Waals surface area (Å²) in [5, 5.41) is 11.0. The Balaban J connectivity index is 1.97. The number of ether oxygens (including phenoxy) is 1. The van der Waals surface area contributed by atoms with Crippen LogP contribution >= 0.6 is 0 Å². The van der Waals surface area contributed by atoms with Crippen molar-refractivity contribution in [2.75, 3.05) is 20.2 Å². The summed E-state index contributed by atoms with van der Waals surface area (Å²) in [4.78, 5) is 14.3. The number of rotatable bonds is 5. The number of amides is 2. The quantitative estimate of drug-likeness (QED) is 0.889. The molecular weight excluding hydrogens is 270 g/mol. The molecule has 1 fully saturated rings. The van der Waals surface area contributed by atoms with Gasteiger partial charge in [0.15, 0.2) is 5.82 Å². The van der Waals surface area contributed by atoms with Crippen LogP contribution in [0.5, 0.6) is 0 Å². The number of aromatic nitrogens is 3. The van der Waals surface area contributed by atoms with Gasteiger partial charge in [-0.15, -0.1) is 10.2 Å². The molecule has 1 aliphatic heterocycles. The number of aryl methyl sites for hydroxylation is 1. The van der Waals surface area contributed by atoms with Gasteiger partial charge in [0.2, 0.25) is 0 Å². The number of carbonyl (C=O) groups excluding carboxylic acids is 1. The van der Waals surface area contributed by atoms with Crippen molar-refractivity contribution >= 4 is 6.03 Å². The van der Waals surface area contributed by atoms with Crippen LogP contribution in [0.1, 0.15) is 38.6 Å². The summed E-state index contributed by atoms with van der Waals surface area (Å²) in [5.74, 6) is 1.21. The number of methoxy groups -OCH3 is 1. The molecule has 0 unspecified atom stereocenters. The van der Waals surface area contributed by atoms with Crippen LogP contribution in [0.4, 0.5) is 4.79 Å². The maximum atomic E-state index is 12.4. The second kappa shape index (κ2) is 6.89. The van der Waals surface area contributed by atoms with Crippen LogP contribution in [0.15, 0.2) is 6.33 Å². The molecule has 1 aromatic heterocycles. The van der Waals surface area contributed by atoms with Gasteiger partial charge in [-0.1, -0.05) is 13.8 Å². The summed E-state index contributed by atoms with van der Waals surface area (Å²) < 4.78 is 7.26.